The molecule has 0 saturated carbocycles. The summed E-state index contributed by atoms with van der Waals surface area (Å²) in [4.78, 5) is 24.0. The number of methoxy groups -OCH3 is 1. The molecule has 0 spiro atoms. The second-order valence-corrected chi connectivity index (χ2v) is 5.89. The molecule has 0 aliphatic heterocycles. The van der Waals surface area contributed by atoms with E-state index in [9.17, 15) is 9.59 Å². The summed E-state index contributed by atoms with van der Waals surface area (Å²) in [6.07, 6.45) is 0. The molecular formula is C17H16Cl2N2O3. The van der Waals surface area contributed by atoms with Crippen LogP contribution in [0, 0.1) is 0 Å². The summed E-state index contributed by atoms with van der Waals surface area (Å²) in [7, 11) is 1.58. The summed E-state index contributed by atoms with van der Waals surface area (Å²) in [5.41, 5.74) is 1.17. The molecule has 1 unspecified atom stereocenters. The lowest BCUT2D eigenvalue weighted by Crippen LogP contribution is -2.36. The molecule has 0 saturated heterocycles. The lowest BCUT2D eigenvalue weighted by molar-refractivity contribution is -0.136. The van der Waals surface area contributed by atoms with E-state index in [-0.39, 0.29) is 11.1 Å². The van der Waals surface area contributed by atoms with Crippen molar-refractivity contribution in [2.75, 3.05) is 12.4 Å². The van der Waals surface area contributed by atoms with Crippen LogP contribution in [0.25, 0.3) is 0 Å². The van der Waals surface area contributed by atoms with Crippen LogP contribution in [0.1, 0.15) is 18.5 Å². The maximum atomic E-state index is 12.0. The second kappa shape index (κ2) is 8.04. The maximum absolute atomic E-state index is 12.0. The number of hydrogen-bond donors (Lipinski definition) is 2. The van der Waals surface area contributed by atoms with Gasteiger partial charge in [-0.05, 0) is 42.8 Å². The monoisotopic (exact) mass is 366 g/mol. The van der Waals surface area contributed by atoms with Gasteiger partial charge < -0.3 is 15.4 Å². The summed E-state index contributed by atoms with van der Waals surface area (Å²) in [6, 6.07) is 11.4. The van der Waals surface area contributed by atoms with Gasteiger partial charge >= 0.3 is 11.8 Å². The van der Waals surface area contributed by atoms with Crippen LogP contribution in [-0.4, -0.2) is 18.9 Å². The molecule has 0 aromatic heterocycles. The summed E-state index contributed by atoms with van der Waals surface area (Å²) in [5, 5.41) is 5.77. The Labute approximate surface area is 149 Å². The van der Waals surface area contributed by atoms with Crippen molar-refractivity contribution in [3.8, 4) is 5.75 Å². The summed E-state index contributed by atoms with van der Waals surface area (Å²) < 4.78 is 5.08. The average Bonchev–Trinajstić information content (AvgIpc) is 2.57. The lowest BCUT2D eigenvalue weighted by Gasteiger charge is -2.15. The molecule has 0 radical (unpaired) electrons. The fraction of sp³-hybridized carbons (Fsp3) is 0.176. The van der Waals surface area contributed by atoms with Gasteiger partial charge in [-0.15, -0.1) is 0 Å². The van der Waals surface area contributed by atoms with Gasteiger partial charge in [0.15, 0.2) is 0 Å². The second-order valence-electron chi connectivity index (χ2n) is 5.05. The Hall–Kier alpha value is -2.24. The topological polar surface area (TPSA) is 67.4 Å². The molecule has 5 nitrogen and oxygen atoms in total. The van der Waals surface area contributed by atoms with Crippen molar-refractivity contribution in [1.82, 2.24) is 5.32 Å². The Kier molecular flexibility index (Phi) is 6.06. The quantitative estimate of drug-likeness (QED) is 0.808. The third kappa shape index (κ3) is 4.63. The Bertz CT molecular complexity index is 748. The van der Waals surface area contributed by atoms with E-state index in [0.717, 1.165) is 5.56 Å². The molecule has 126 valence electrons. The number of amides is 2. The number of halogens is 2. The molecule has 0 fully saturated rings. The standard InChI is InChI=1S/C17H16Cl2N2O3/c1-10(11-3-6-13(24-2)7-4-11)20-16(22)17(23)21-15-8-5-12(18)9-14(15)19/h3-10H,1-2H3,(H,20,22)(H,21,23). The Morgan fingerprint density at radius 3 is 2.29 bits per heavy atom. The fourth-order valence-corrected chi connectivity index (χ4v) is 2.46. The van der Waals surface area contributed by atoms with Crippen molar-refractivity contribution < 1.29 is 14.3 Å². The SMILES string of the molecule is COc1ccc(C(C)NC(=O)C(=O)Nc2ccc(Cl)cc2Cl)cc1. The summed E-state index contributed by atoms with van der Waals surface area (Å²) in [6.45, 7) is 1.78. The molecule has 0 bridgehead atoms. The van der Waals surface area contributed by atoms with Crippen LogP contribution in [0.5, 0.6) is 5.75 Å². The van der Waals surface area contributed by atoms with Crippen LogP contribution >= 0.6 is 23.2 Å². The van der Waals surface area contributed by atoms with E-state index in [1.165, 1.54) is 12.1 Å². The predicted molar refractivity (Wildman–Crippen MR) is 94.6 cm³/mol. The molecule has 2 amide bonds. The summed E-state index contributed by atoms with van der Waals surface area (Å²) >= 11 is 11.8. The van der Waals surface area contributed by atoms with Gasteiger partial charge in [0.1, 0.15) is 5.75 Å². The van der Waals surface area contributed by atoms with Crippen LogP contribution in [0.2, 0.25) is 10.0 Å². The van der Waals surface area contributed by atoms with Gasteiger partial charge in [-0.2, -0.15) is 0 Å². The van der Waals surface area contributed by atoms with E-state index >= 15 is 0 Å². The van der Waals surface area contributed by atoms with E-state index in [2.05, 4.69) is 10.6 Å². The molecule has 2 aromatic carbocycles. The van der Waals surface area contributed by atoms with Gasteiger partial charge in [0.2, 0.25) is 0 Å². The van der Waals surface area contributed by atoms with Crippen LogP contribution in [-0.2, 0) is 9.59 Å². The van der Waals surface area contributed by atoms with Gasteiger partial charge in [-0.1, -0.05) is 35.3 Å². The molecule has 0 aliphatic carbocycles. The van der Waals surface area contributed by atoms with E-state index in [1.54, 1.807) is 32.2 Å². The van der Waals surface area contributed by atoms with E-state index in [4.69, 9.17) is 27.9 Å². The molecule has 7 heteroatoms. The first-order valence-electron chi connectivity index (χ1n) is 7.11. The molecule has 0 aliphatic rings. The zero-order valence-electron chi connectivity index (χ0n) is 13.1. The number of hydrogen-bond acceptors (Lipinski definition) is 3. The minimum absolute atomic E-state index is 0.256. The Morgan fingerprint density at radius 1 is 1.04 bits per heavy atom. The van der Waals surface area contributed by atoms with Crippen molar-refractivity contribution in [2.24, 2.45) is 0 Å². The smallest absolute Gasteiger partial charge is 0.313 e. The lowest BCUT2D eigenvalue weighted by atomic mass is 10.1. The number of nitrogens with one attached hydrogen (secondary N) is 2. The van der Waals surface area contributed by atoms with Gasteiger partial charge in [-0.25, -0.2) is 0 Å². The molecule has 1 atom stereocenters. The largest absolute Gasteiger partial charge is 0.497 e. The number of benzene rings is 2. The number of ether oxygens (including phenoxy) is 1. The highest BCUT2D eigenvalue weighted by molar-refractivity contribution is 6.42. The van der Waals surface area contributed by atoms with Crippen LogP contribution in [0.3, 0.4) is 0 Å². The molecular weight excluding hydrogens is 351 g/mol. The first kappa shape index (κ1) is 18.1. The van der Waals surface area contributed by atoms with E-state index in [1.807, 2.05) is 12.1 Å². The number of carbonyl (C=O) groups is 2. The van der Waals surface area contributed by atoms with E-state index < -0.39 is 11.8 Å². The molecule has 2 rings (SSSR count). The number of carbonyl (C=O) groups excluding carboxylic acids is 2. The van der Waals surface area contributed by atoms with Crippen LogP contribution < -0.4 is 15.4 Å². The first-order valence-corrected chi connectivity index (χ1v) is 7.87. The third-order valence-corrected chi connectivity index (χ3v) is 3.90. The van der Waals surface area contributed by atoms with Gasteiger partial charge in [0, 0.05) is 5.02 Å². The molecule has 24 heavy (non-hydrogen) atoms. The first-order chi connectivity index (χ1) is 11.4. The van der Waals surface area contributed by atoms with Crippen molar-refractivity contribution in [2.45, 2.75) is 13.0 Å². The number of anilines is 1. The average molecular weight is 367 g/mol. The summed E-state index contributed by atoms with van der Waals surface area (Å²) in [5.74, 6) is -0.851. The van der Waals surface area contributed by atoms with Crippen molar-refractivity contribution in [3.05, 3.63) is 58.1 Å². The van der Waals surface area contributed by atoms with Crippen molar-refractivity contribution in [1.29, 1.82) is 0 Å². The van der Waals surface area contributed by atoms with Crippen molar-refractivity contribution in [3.63, 3.8) is 0 Å². The number of rotatable bonds is 4. The van der Waals surface area contributed by atoms with Crippen molar-refractivity contribution >= 4 is 40.7 Å². The fourth-order valence-electron chi connectivity index (χ4n) is 2.01. The van der Waals surface area contributed by atoms with Crippen LogP contribution in [0.4, 0.5) is 5.69 Å². The highest BCUT2D eigenvalue weighted by Crippen LogP contribution is 2.25. The van der Waals surface area contributed by atoms with Gasteiger partial charge in [0.05, 0.1) is 23.9 Å². The van der Waals surface area contributed by atoms with Gasteiger partial charge in [-0.3, -0.25) is 9.59 Å². The third-order valence-electron chi connectivity index (χ3n) is 3.35. The Balaban J connectivity index is 1.98. The Morgan fingerprint density at radius 2 is 1.71 bits per heavy atom. The minimum atomic E-state index is -0.806. The molecule has 2 N–H and O–H groups in total. The van der Waals surface area contributed by atoms with E-state index in [0.29, 0.717) is 16.5 Å². The molecule has 0 heterocycles. The maximum Gasteiger partial charge on any atom is 0.313 e. The predicted octanol–water partition coefficient (Wildman–Crippen LogP) is 3.82. The zero-order chi connectivity index (χ0) is 17.7. The molecule has 2 aromatic rings. The minimum Gasteiger partial charge on any atom is -0.497 e. The normalized spacial score (nSPS) is 11.5. The highest BCUT2D eigenvalue weighted by Gasteiger charge is 2.18. The highest BCUT2D eigenvalue weighted by atomic mass is 35.5. The van der Waals surface area contributed by atoms with Crippen LogP contribution in [0.15, 0.2) is 42.5 Å². The zero-order valence-corrected chi connectivity index (χ0v) is 14.6. The van der Waals surface area contributed by atoms with Gasteiger partial charge in [0.25, 0.3) is 0 Å².